The minimum Gasteiger partial charge on any atom is -0.510 e. The van der Waals surface area contributed by atoms with Gasteiger partial charge < -0.3 is 128 Å². The number of nitrogens with zero attached hydrogens (tertiary/aromatic N) is 2. The molecule has 11 rings (SSSR count). The van der Waals surface area contributed by atoms with Crippen LogP contribution in [0.1, 0.15) is 73.5 Å². The lowest BCUT2D eigenvalue weighted by atomic mass is 9.55. The number of benzene rings is 3. The van der Waals surface area contributed by atoms with Gasteiger partial charge in [0, 0.05) is 28.5 Å². The first-order valence-electron chi connectivity index (χ1n) is 32.0. The lowest BCUT2D eigenvalue weighted by Crippen LogP contribution is -2.73. The highest BCUT2D eigenvalue weighted by Crippen LogP contribution is 2.57. The van der Waals surface area contributed by atoms with E-state index in [9.17, 15) is 99.9 Å². The van der Waals surface area contributed by atoms with Gasteiger partial charge in [-0.2, -0.15) is 4.99 Å². The van der Waals surface area contributed by atoms with Crippen LogP contribution in [0.25, 0.3) is 11.1 Å². The Bertz CT molecular complexity index is 3810. The number of aliphatic hydroxyl groups excluding tert-OH is 9. The van der Waals surface area contributed by atoms with Crippen LogP contribution in [0, 0.1) is 22.7 Å². The third-order valence-electron chi connectivity index (χ3n) is 19.2. The zero-order valence-electron chi connectivity index (χ0n) is 55.8. The number of aliphatic hydroxyl groups is 13. The van der Waals surface area contributed by atoms with Gasteiger partial charge in [0.1, 0.15) is 72.0 Å². The monoisotopic (exact) mass is 1440 g/mol. The first kappa shape index (κ1) is 78.7. The van der Waals surface area contributed by atoms with Crippen molar-refractivity contribution in [3.8, 4) is 16.9 Å². The summed E-state index contributed by atoms with van der Waals surface area (Å²) in [5, 5.41) is 173. The number of phenolic OH excluding ortho intramolecular Hbond substituents is 1. The van der Waals surface area contributed by atoms with E-state index in [0.717, 1.165) is 24.0 Å². The Morgan fingerprint density at radius 2 is 1.36 bits per heavy atom. The lowest BCUT2D eigenvalue weighted by molar-refractivity contribution is -0.314. The van der Waals surface area contributed by atoms with Gasteiger partial charge in [0.05, 0.1) is 60.8 Å². The smallest absolute Gasteiger partial charge is 0.347 e. The Morgan fingerprint density at radius 1 is 0.784 bits per heavy atom. The topological polar surface area (TPSA) is 638 Å². The Balaban J connectivity index is 0.000000189. The fourth-order valence-corrected chi connectivity index (χ4v) is 14.0. The molecule has 3 aromatic rings. The number of Topliss-reactive ketones (excluding diaryl/α,β-unsaturated/α-hetero) is 2. The number of nitrogens with two attached hydrogens (primary N) is 3. The van der Waals surface area contributed by atoms with Crippen LogP contribution in [0.5, 0.6) is 5.75 Å². The number of amidine groups is 1. The van der Waals surface area contributed by atoms with E-state index in [4.69, 9.17) is 56.8 Å². The number of primary amides is 1. The summed E-state index contributed by atoms with van der Waals surface area (Å²) in [4.78, 5) is 88.0. The van der Waals surface area contributed by atoms with Gasteiger partial charge in [0.25, 0.3) is 17.8 Å². The first-order valence-corrected chi connectivity index (χ1v) is 32.0. The molecule has 3 aliphatic heterocycles. The number of rotatable bonds is 15. The predicted molar refractivity (Wildman–Crippen MR) is 350 cm³/mol. The van der Waals surface area contributed by atoms with Crippen molar-refractivity contribution in [3.63, 3.8) is 0 Å². The second-order valence-electron chi connectivity index (χ2n) is 25.8. The molecule has 0 spiro atoms. The molecule has 1 saturated carbocycles. The molecule has 0 bridgehead atoms. The van der Waals surface area contributed by atoms with Crippen molar-refractivity contribution in [1.82, 2.24) is 26.2 Å². The largest absolute Gasteiger partial charge is 0.510 e. The summed E-state index contributed by atoms with van der Waals surface area (Å²) < 4.78 is 28.2. The van der Waals surface area contributed by atoms with Gasteiger partial charge >= 0.3 is 5.97 Å². The number of ketones is 2. The van der Waals surface area contributed by atoms with Crippen molar-refractivity contribution in [2.24, 2.45) is 34.0 Å². The third-order valence-corrected chi connectivity index (χ3v) is 19.2. The van der Waals surface area contributed by atoms with Gasteiger partial charge in [-0.1, -0.05) is 74.0 Å². The van der Waals surface area contributed by atoms with Crippen molar-refractivity contribution >= 4 is 59.5 Å². The summed E-state index contributed by atoms with van der Waals surface area (Å²) in [7, 11) is 4.48. The highest BCUT2D eigenvalue weighted by atomic mass is 16.8. The highest BCUT2D eigenvalue weighted by molar-refractivity contribution is 6.25. The summed E-state index contributed by atoms with van der Waals surface area (Å²) in [6.07, 6.45) is -16.0. The number of hydrogen-bond acceptors (Lipinski definition) is 29. The lowest BCUT2D eigenvalue weighted by Gasteiger charge is -2.52. The molecule has 556 valence electrons. The van der Waals surface area contributed by atoms with E-state index in [2.05, 4.69) is 20.9 Å². The fraction of sp³-hybridized carbons (Fsp3) is 0.508. The quantitative estimate of drug-likeness (QED) is 0.0128. The summed E-state index contributed by atoms with van der Waals surface area (Å²) in [6, 6.07) is 13.4. The van der Waals surface area contributed by atoms with Gasteiger partial charge in [0.2, 0.25) is 17.3 Å². The number of guanidine groups is 2. The van der Waals surface area contributed by atoms with Gasteiger partial charge in [-0.25, -0.2) is 4.79 Å². The Labute approximate surface area is 580 Å². The van der Waals surface area contributed by atoms with E-state index in [0.29, 0.717) is 17.7 Å². The van der Waals surface area contributed by atoms with E-state index in [1.165, 1.54) is 58.1 Å². The zero-order valence-corrected chi connectivity index (χ0v) is 55.8. The maximum Gasteiger partial charge on any atom is 0.347 e. The average Bonchev–Trinajstić information content (AvgIpc) is 0.942. The zero-order chi connectivity index (χ0) is 75.7. The van der Waals surface area contributed by atoms with E-state index < -0.39 is 214 Å². The molecule has 26 N–H and O–H groups in total. The van der Waals surface area contributed by atoms with Crippen molar-refractivity contribution in [1.29, 1.82) is 10.8 Å². The molecule has 0 unspecified atom stereocenters. The number of ether oxygens (including phenoxy) is 5. The molecule has 0 radical (unpaired) electrons. The number of carbonyl (C=O) groups excluding carboxylic acids is 7. The Kier molecular flexibility index (Phi) is 23.9. The number of esters is 1. The fourth-order valence-electron chi connectivity index (χ4n) is 14.0. The van der Waals surface area contributed by atoms with Gasteiger partial charge in [-0.05, 0) is 70.6 Å². The molecule has 3 amide bonds. The molecule has 37 heteroatoms. The molecule has 5 aliphatic carbocycles. The van der Waals surface area contributed by atoms with Gasteiger partial charge in [-0.3, -0.25) is 49.8 Å². The summed E-state index contributed by atoms with van der Waals surface area (Å²) in [5.74, 6) is -10.9. The van der Waals surface area contributed by atoms with E-state index in [-0.39, 0.29) is 30.3 Å². The number of hydrogen-bond donors (Lipinski definition) is 23. The summed E-state index contributed by atoms with van der Waals surface area (Å²) >= 11 is 0. The number of likely N-dealkylation sites (N-methyl/N-ethyl adjacent to an activating group) is 2. The maximum atomic E-state index is 13.3. The second kappa shape index (κ2) is 30.9. The van der Waals surface area contributed by atoms with Crippen LogP contribution in [0.3, 0.4) is 0 Å². The van der Waals surface area contributed by atoms with E-state index in [1.807, 2.05) is 48.6 Å². The molecular formula is C65H85N11O26. The number of aliphatic imine (C=N–C) groups is 1. The van der Waals surface area contributed by atoms with Crippen LogP contribution >= 0.6 is 0 Å². The number of aldehydes is 1. The molecule has 37 nitrogen and oxygen atoms in total. The van der Waals surface area contributed by atoms with Gasteiger partial charge in [0.15, 0.2) is 47.8 Å². The minimum atomic E-state index is -2.75. The number of nitrogens with one attached hydrogen (secondary N) is 6. The molecule has 8 aliphatic rings. The molecule has 3 aromatic carbocycles. The first-order chi connectivity index (χ1) is 47.9. The van der Waals surface area contributed by atoms with Crippen molar-refractivity contribution < 1.29 is 129 Å². The molecule has 3 heterocycles. The Morgan fingerprint density at radius 3 is 1.89 bits per heavy atom. The maximum absolute atomic E-state index is 13.3. The molecule has 102 heavy (non-hydrogen) atoms. The second-order valence-corrected chi connectivity index (χ2v) is 25.8. The number of phenols is 1. The number of amides is 3. The molecule has 2 saturated heterocycles. The minimum absolute atomic E-state index is 0.135. The average molecular weight is 1440 g/mol. The predicted octanol–water partition coefficient (Wildman–Crippen LogP) is -5.76. The number of fused-ring (bicyclic) bond motifs is 6. The molecule has 0 aromatic heterocycles. The van der Waals surface area contributed by atoms with Crippen LogP contribution in [-0.2, 0) is 63.7 Å². The molecular weight excluding hydrogens is 1350 g/mol. The van der Waals surface area contributed by atoms with E-state index >= 15 is 0 Å². The number of aromatic hydroxyl groups is 1. The van der Waals surface area contributed by atoms with Crippen LogP contribution in [0.15, 0.2) is 94.4 Å². The normalized spacial score (nSPS) is 34.0. The van der Waals surface area contributed by atoms with E-state index in [1.54, 1.807) is 12.1 Å². The van der Waals surface area contributed by atoms with Crippen LogP contribution in [0.2, 0.25) is 0 Å². The highest BCUT2D eigenvalue weighted by Gasteiger charge is 2.66. The van der Waals surface area contributed by atoms with Crippen LogP contribution in [-0.4, -0.2) is 273 Å². The van der Waals surface area contributed by atoms with Crippen LogP contribution < -0.4 is 38.5 Å². The third kappa shape index (κ3) is 14.3. The molecule has 20 atom stereocenters. The van der Waals surface area contributed by atoms with Crippen LogP contribution in [0.4, 0.5) is 0 Å². The van der Waals surface area contributed by atoms with Crippen molar-refractivity contribution in [3.05, 3.63) is 112 Å². The number of unbranched alkanes of at least 4 members (excludes halogenated alkanes) is 1. The van der Waals surface area contributed by atoms with Gasteiger partial charge in [-0.15, -0.1) is 0 Å². The summed E-state index contributed by atoms with van der Waals surface area (Å²) in [5.41, 5.74) is 9.02. The van der Waals surface area contributed by atoms with Crippen molar-refractivity contribution in [2.75, 3.05) is 34.4 Å². The standard InChI is InChI=1S/C22H24N2O8.C21H39N7O12.C18H18O3.C4H4N2O3/c1-21(31)8-5-4-6-11(25)12(8)16(26)13-9(21)7-10-15(24(2)3)17(27)14(20(23)30)19(29)22(10,32)18(13)28;1-5-21(36,4-30)16(40-17-9(26-2)13(34)10(31)6(3-29)38-17)18(37-5)39-15-8(28-20(24)25)11(32)7(27-19(22)23)12(33)14(15)35;1-2-3-12-21-17(19)18(20)15-10-6-4-8-13(15)14-9-5-7-11-16(14)18;7-2-1-3(8)6-4(9)5-2/h4-6,9-10,15,25,27-28,31-32H,7H2,1-3H3,(H2,23,30);4-18,26,29,31-36H,3H2,1-2H3,(H4,22,23,27)(H4,24,25,28);4-11,20H,2-3,12H2,1H3;1H2,(H2,5,6,7,8,9)/t9-,10-,15-,21+,22-;5-,6-,7+,8-,9-,10-,11+,12-,13-,14+,15+,16-,17-,18-,21+;;/m00../s1. The number of carbonyl (C=O) groups is 7. The SMILES string of the molecule is CCCCOC(=O)C1(O)c2ccccc2-c2ccccc21.CN(C)[C@@H]1C(O)=C(C(N)=O)C(=O)[C@@]2(O)C(O)=C3C(=O)c4c(O)cccc4[C@@](C)(O)[C@H]3C[C@@H]12.CN[C@@H]1[C@H](O[C@H]2[C@H](O[C@H]3[C@H](O)[C@@H](O)[C@H](NC(=N)N)[C@@H](O)[C@@H]3NC(=N)N)O[C@@H](C)[C@]2(O)C=O)O[C@@H](CO)[C@H](O)[C@H]1O.O=C1CC(=O)NC(O)=N1. The molecule has 3 fully saturated rings. The van der Waals surface area contributed by atoms with Crippen molar-refractivity contribution in [2.45, 2.75) is 161 Å². The summed E-state index contributed by atoms with van der Waals surface area (Å²) in [6.45, 7) is 4.38. The Hall–Kier alpha value is -9.00.